The van der Waals surface area contributed by atoms with Gasteiger partial charge < -0.3 is 31.5 Å². The van der Waals surface area contributed by atoms with Gasteiger partial charge in [-0.05, 0) is 59.0 Å². The predicted octanol–water partition coefficient (Wildman–Crippen LogP) is 5.23. The van der Waals surface area contributed by atoms with Crippen molar-refractivity contribution in [1.29, 1.82) is 0 Å². The number of carbonyl (C=O) groups excluding carboxylic acids is 1. The smallest absolute Gasteiger partial charge is 0.257 e. The molecule has 9 heteroatoms. The van der Waals surface area contributed by atoms with E-state index in [1.54, 1.807) is 24.4 Å². The van der Waals surface area contributed by atoms with Gasteiger partial charge in [0.05, 0.1) is 11.4 Å². The number of aromatic hydroxyl groups is 1. The zero-order valence-corrected chi connectivity index (χ0v) is 22.4. The average molecular weight is 527 g/mol. The molecule has 39 heavy (non-hydrogen) atoms. The maximum absolute atomic E-state index is 13.2. The van der Waals surface area contributed by atoms with Crippen molar-refractivity contribution in [1.82, 2.24) is 9.97 Å². The molecule has 9 nitrogen and oxygen atoms in total. The van der Waals surface area contributed by atoms with E-state index in [1.807, 2.05) is 57.2 Å². The number of carbonyl (C=O) groups is 1. The number of nitrogens with zero attached hydrogens (tertiary/aromatic N) is 3. The minimum atomic E-state index is -1.48. The zero-order chi connectivity index (χ0) is 27.7. The van der Waals surface area contributed by atoms with E-state index in [1.165, 1.54) is 0 Å². The molecule has 0 spiro atoms. The Kier molecular flexibility index (Phi) is 7.01. The molecule has 1 aliphatic rings. The van der Waals surface area contributed by atoms with Gasteiger partial charge in [-0.1, -0.05) is 51.1 Å². The second-order valence-corrected chi connectivity index (χ2v) is 10.9. The number of nitrogen functional groups attached to an aromatic ring is 1. The van der Waals surface area contributed by atoms with Crippen LogP contribution in [-0.4, -0.2) is 39.2 Å². The highest BCUT2D eigenvalue weighted by molar-refractivity contribution is 6.03. The third-order valence-electron chi connectivity index (χ3n) is 7.06. The highest BCUT2D eigenvalue weighted by Crippen LogP contribution is 2.37. The summed E-state index contributed by atoms with van der Waals surface area (Å²) in [5.41, 5.74) is 8.14. The van der Waals surface area contributed by atoms with Crippen molar-refractivity contribution >= 4 is 45.5 Å². The molecule has 6 N–H and O–H groups in total. The van der Waals surface area contributed by atoms with Crippen LogP contribution in [0.15, 0.2) is 60.8 Å². The standard InChI is InChI=1S/C30H34N6O3/c1-30(2,3)18-16-22(31)27(38)24(17-18)34-28(39)26(37)21-10-11-23(20-9-5-4-8-19(20)21)33-25-12-13-32-29(35-25)36-14-6-7-15-36/h4-5,8-13,16-17,26,37-38H,6-7,14-15,31H2,1-3H3,(H,34,39)(H,32,33,35). The lowest BCUT2D eigenvalue weighted by atomic mass is 9.86. The first-order chi connectivity index (χ1) is 18.6. The van der Waals surface area contributed by atoms with E-state index in [4.69, 9.17) is 5.73 Å². The topological polar surface area (TPSA) is 137 Å². The van der Waals surface area contributed by atoms with Crippen LogP contribution in [0.3, 0.4) is 0 Å². The molecule has 4 aromatic rings. The van der Waals surface area contributed by atoms with Crippen LogP contribution in [-0.2, 0) is 10.2 Å². The minimum Gasteiger partial charge on any atom is -0.504 e. The second-order valence-electron chi connectivity index (χ2n) is 10.9. The van der Waals surface area contributed by atoms with Crippen molar-refractivity contribution in [3.05, 3.63) is 71.9 Å². The van der Waals surface area contributed by atoms with Crippen molar-refractivity contribution in [2.24, 2.45) is 0 Å². The van der Waals surface area contributed by atoms with E-state index in [9.17, 15) is 15.0 Å². The number of phenolic OH excluding ortho intramolecular Hbond substituents is 1. The van der Waals surface area contributed by atoms with Gasteiger partial charge in [-0.2, -0.15) is 4.98 Å². The fourth-order valence-electron chi connectivity index (χ4n) is 4.82. The van der Waals surface area contributed by atoms with Gasteiger partial charge in [-0.25, -0.2) is 4.98 Å². The molecule has 1 aromatic heterocycles. The van der Waals surface area contributed by atoms with Gasteiger partial charge in [-0.3, -0.25) is 4.79 Å². The van der Waals surface area contributed by atoms with Crippen molar-refractivity contribution in [2.75, 3.05) is 34.4 Å². The lowest BCUT2D eigenvalue weighted by molar-refractivity contribution is -0.124. The summed E-state index contributed by atoms with van der Waals surface area (Å²) in [7, 11) is 0. The molecule has 0 radical (unpaired) electrons. The molecule has 202 valence electrons. The van der Waals surface area contributed by atoms with Gasteiger partial charge in [0, 0.05) is 30.4 Å². The molecule has 1 unspecified atom stereocenters. The third-order valence-corrected chi connectivity index (χ3v) is 7.06. The zero-order valence-electron chi connectivity index (χ0n) is 22.4. The monoisotopic (exact) mass is 526 g/mol. The maximum Gasteiger partial charge on any atom is 0.257 e. The maximum atomic E-state index is 13.2. The fourth-order valence-corrected chi connectivity index (χ4v) is 4.82. The summed E-state index contributed by atoms with van der Waals surface area (Å²) in [4.78, 5) is 24.4. The number of rotatable bonds is 6. The van der Waals surface area contributed by atoms with E-state index in [2.05, 4.69) is 25.5 Å². The van der Waals surface area contributed by atoms with Crippen molar-refractivity contribution < 1.29 is 15.0 Å². The Morgan fingerprint density at radius 1 is 1.03 bits per heavy atom. The SMILES string of the molecule is CC(C)(C)c1cc(N)c(O)c(NC(=O)C(O)c2ccc(Nc3ccnc(N4CCCC4)n3)c3ccccc23)c1. The molecule has 0 saturated carbocycles. The summed E-state index contributed by atoms with van der Waals surface area (Å²) < 4.78 is 0. The minimum absolute atomic E-state index is 0.157. The van der Waals surface area contributed by atoms with Crippen LogP contribution in [0.2, 0.25) is 0 Å². The van der Waals surface area contributed by atoms with Gasteiger partial charge in [0.2, 0.25) is 5.95 Å². The van der Waals surface area contributed by atoms with E-state index in [-0.39, 0.29) is 22.5 Å². The Balaban J connectivity index is 1.42. The van der Waals surface area contributed by atoms with Crippen LogP contribution in [0, 0.1) is 0 Å². The van der Waals surface area contributed by atoms with Crippen LogP contribution in [0.25, 0.3) is 10.8 Å². The van der Waals surface area contributed by atoms with Crippen LogP contribution < -0.4 is 21.3 Å². The molecule has 1 saturated heterocycles. The van der Waals surface area contributed by atoms with Crippen molar-refractivity contribution in [3.63, 3.8) is 0 Å². The summed E-state index contributed by atoms with van der Waals surface area (Å²) in [5.74, 6) is 0.457. The lowest BCUT2D eigenvalue weighted by Gasteiger charge is -2.22. The molecule has 1 aliphatic heterocycles. The molecule has 0 aliphatic carbocycles. The number of anilines is 5. The van der Waals surface area contributed by atoms with Crippen molar-refractivity contribution in [2.45, 2.75) is 45.1 Å². The predicted molar refractivity (Wildman–Crippen MR) is 156 cm³/mol. The molecule has 5 rings (SSSR count). The number of aliphatic hydroxyl groups excluding tert-OH is 1. The lowest BCUT2D eigenvalue weighted by Crippen LogP contribution is -2.22. The van der Waals surface area contributed by atoms with Gasteiger partial charge in [0.1, 0.15) is 5.82 Å². The molecule has 0 bridgehead atoms. The number of nitrogens with two attached hydrogens (primary N) is 1. The number of fused-ring (bicyclic) bond motifs is 1. The quantitative estimate of drug-likeness (QED) is 0.170. The summed E-state index contributed by atoms with van der Waals surface area (Å²) in [6, 6.07) is 16.3. The van der Waals surface area contributed by atoms with Gasteiger partial charge in [0.15, 0.2) is 11.9 Å². The number of hydrogen-bond donors (Lipinski definition) is 5. The molecule has 3 aromatic carbocycles. The van der Waals surface area contributed by atoms with Crippen LogP contribution in [0.4, 0.5) is 28.8 Å². The van der Waals surface area contributed by atoms with Crippen molar-refractivity contribution in [3.8, 4) is 5.75 Å². The first-order valence-electron chi connectivity index (χ1n) is 13.1. The van der Waals surface area contributed by atoms with E-state index < -0.39 is 12.0 Å². The number of aliphatic hydroxyl groups is 1. The average Bonchev–Trinajstić information content (AvgIpc) is 3.46. The highest BCUT2D eigenvalue weighted by Gasteiger charge is 2.24. The number of amides is 1. The Morgan fingerprint density at radius 2 is 1.74 bits per heavy atom. The third kappa shape index (κ3) is 5.44. The van der Waals surface area contributed by atoms with Gasteiger partial charge in [0.25, 0.3) is 5.91 Å². The highest BCUT2D eigenvalue weighted by atomic mass is 16.3. The number of nitrogens with one attached hydrogen (secondary N) is 2. The van der Waals surface area contributed by atoms with E-state index in [0.29, 0.717) is 22.7 Å². The molecule has 1 fully saturated rings. The number of hydrogen-bond acceptors (Lipinski definition) is 8. The summed E-state index contributed by atoms with van der Waals surface area (Å²) in [6.07, 6.45) is 2.53. The normalized spacial score (nSPS) is 14.4. The van der Waals surface area contributed by atoms with Gasteiger partial charge >= 0.3 is 0 Å². The Hall–Kier alpha value is -4.37. The van der Waals surface area contributed by atoms with E-state index in [0.717, 1.165) is 42.6 Å². The molecule has 1 amide bonds. The molecule has 1 atom stereocenters. The van der Waals surface area contributed by atoms with Gasteiger partial charge in [-0.15, -0.1) is 0 Å². The summed E-state index contributed by atoms with van der Waals surface area (Å²) in [5, 5.41) is 29.2. The largest absolute Gasteiger partial charge is 0.504 e. The van der Waals surface area contributed by atoms with Crippen LogP contribution in [0.1, 0.15) is 50.8 Å². The number of phenols is 1. The Bertz CT molecular complexity index is 1530. The fraction of sp³-hybridized carbons (Fsp3) is 0.300. The van der Waals surface area contributed by atoms with Crippen LogP contribution >= 0.6 is 0 Å². The van der Waals surface area contributed by atoms with Crippen LogP contribution in [0.5, 0.6) is 5.75 Å². The first-order valence-corrected chi connectivity index (χ1v) is 13.1. The molecular weight excluding hydrogens is 492 g/mol. The summed E-state index contributed by atoms with van der Waals surface area (Å²) in [6.45, 7) is 7.93. The van der Waals surface area contributed by atoms with E-state index >= 15 is 0 Å². The second kappa shape index (κ2) is 10.4. The summed E-state index contributed by atoms with van der Waals surface area (Å²) >= 11 is 0. The number of benzene rings is 3. The Labute approximate surface area is 227 Å². The Morgan fingerprint density at radius 3 is 2.46 bits per heavy atom. The molecular formula is C30H34N6O3. The first kappa shape index (κ1) is 26.2. The molecule has 2 heterocycles. The number of aromatic nitrogens is 2.